The maximum Gasteiger partial charge on any atom is 0.272 e. The predicted octanol–water partition coefficient (Wildman–Crippen LogP) is 3.94. The van der Waals surface area contributed by atoms with Gasteiger partial charge in [0.2, 0.25) is 0 Å². The summed E-state index contributed by atoms with van der Waals surface area (Å²) in [6, 6.07) is 6.18. The van der Waals surface area contributed by atoms with E-state index in [-0.39, 0.29) is 5.91 Å². The van der Waals surface area contributed by atoms with Crippen molar-refractivity contribution >= 4 is 34.9 Å². The fraction of sp³-hybridized carbons (Fsp3) is 0.542. The molecule has 2 fully saturated rings. The van der Waals surface area contributed by atoms with Crippen LogP contribution in [0, 0.1) is 0 Å². The molecule has 0 saturated carbocycles. The molecule has 0 spiro atoms. The van der Waals surface area contributed by atoms with Gasteiger partial charge in [0, 0.05) is 44.3 Å². The van der Waals surface area contributed by atoms with Gasteiger partial charge in [-0.25, -0.2) is 9.97 Å². The highest BCUT2D eigenvalue weighted by Gasteiger charge is 2.30. The fourth-order valence-electron chi connectivity index (χ4n) is 4.63. The number of anilines is 1. The summed E-state index contributed by atoms with van der Waals surface area (Å²) < 4.78 is 5.47. The molecule has 0 atom stereocenters. The van der Waals surface area contributed by atoms with Crippen molar-refractivity contribution in [1.29, 1.82) is 0 Å². The standard InChI is InChI=1S/C24H31Cl2N5O2/c1-2-19-22(24(32)31-9-6-18(7-10-31)30-11-13-33-14-12-30)28-16-29-23(19)27-8-5-17-3-4-20(25)21(26)15-17/h3-4,15-16,18H,2,5-14H2,1H3,(H,27,28,29). The zero-order valence-corrected chi connectivity index (χ0v) is 20.5. The third-order valence-electron chi connectivity index (χ3n) is 6.51. The van der Waals surface area contributed by atoms with Gasteiger partial charge in [0.15, 0.2) is 0 Å². The molecule has 1 N–H and O–H groups in total. The number of halogens is 2. The van der Waals surface area contributed by atoms with Crippen molar-refractivity contribution in [3.05, 3.63) is 51.4 Å². The molecule has 9 heteroatoms. The third-order valence-corrected chi connectivity index (χ3v) is 7.24. The number of aromatic nitrogens is 2. The maximum atomic E-state index is 13.3. The Morgan fingerprint density at radius 2 is 1.88 bits per heavy atom. The molecule has 0 radical (unpaired) electrons. The number of hydrogen-bond acceptors (Lipinski definition) is 6. The van der Waals surface area contributed by atoms with Gasteiger partial charge >= 0.3 is 0 Å². The first-order valence-electron chi connectivity index (χ1n) is 11.7. The molecule has 0 bridgehead atoms. The number of rotatable bonds is 7. The van der Waals surface area contributed by atoms with Crippen LogP contribution >= 0.6 is 23.2 Å². The SMILES string of the molecule is CCc1c(NCCc2ccc(Cl)c(Cl)c2)ncnc1C(=O)N1CCC(N2CCOCC2)CC1. The van der Waals surface area contributed by atoms with Gasteiger partial charge in [0.1, 0.15) is 17.8 Å². The Kier molecular flexibility index (Phi) is 8.41. The Labute approximate surface area is 205 Å². The maximum absolute atomic E-state index is 13.3. The van der Waals surface area contributed by atoms with Crippen molar-refractivity contribution in [3.8, 4) is 0 Å². The largest absolute Gasteiger partial charge is 0.379 e. The Bertz CT molecular complexity index is 960. The molecule has 2 aliphatic rings. The molecular formula is C24H31Cl2N5O2. The summed E-state index contributed by atoms with van der Waals surface area (Å²) in [5.41, 5.74) is 2.46. The number of nitrogens with one attached hydrogen (secondary N) is 1. The minimum Gasteiger partial charge on any atom is -0.379 e. The van der Waals surface area contributed by atoms with E-state index in [0.29, 0.717) is 34.7 Å². The topological polar surface area (TPSA) is 70.6 Å². The molecule has 7 nitrogen and oxygen atoms in total. The van der Waals surface area contributed by atoms with Gasteiger partial charge in [-0.3, -0.25) is 9.69 Å². The van der Waals surface area contributed by atoms with Crippen LogP contribution in [0.5, 0.6) is 0 Å². The Morgan fingerprint density at radius 3 is 2.58 bits per heavy atom. The number of benzene rings is 1. The smallest absolute Gasteiger partial charge is 0.272 e. The van der Waals surface area contributed by atoms with Crippen LogP contribution in [0.1, 0.15) is 41.4 Å². The Hall–Kier alpha value is -1.93. The first-order chi connectivity index (χ1) is 16.1. The summed E-state index contributed by atoms with van der Waals surface area (Å²) in [6.45, 7) is 7.80. The number of carbonyl (C=O) groups is 1. The van der Waals surface area contributed by atoms with Crippen LogP contribution < -0.4 is 5.32 Å². The highest BCUT2D eigenvalue weighted by molar-refractivity contribution is 6.42. The van der Waals surface area contributed by atoms with Gasteiger partial charge in [-0.2, -0.15) is 0 Å². The lowest BCUT2D eigenvalue weighted by molar-refractivity contribution is 0.00151. The van der Waals surface area contributed by atoms with Crippen LogP contribution in [0.25, 0.3) is 0 Å². The normalized spacial score (nSPS) is 17.8. The molecule has 1 amide bonds. The average molecular weight is 492 g/mol. The Balaban J connectivity index is 1.37. The molecule has 0 unspecified atom stereocenters. The zero-order valence-electron chi connectivity index (χ0n) is 19.0. The number of amides is 1. The van der Waals surface area contributed by atoms with E-state index in [9.17, 15) is 4.79 Å². The molecule has 178 valence electrons. The van der Waals surface area contributed by atoms with Gasteiger partial charge < -0.3 is 15.0 Å². The lowest BCUT2D eigenvalue weighted by Gasteiger charge is -2.40. The van der Waals surface area contributed by atoms with E-state index < -0.39 is 0 Å². The van der Waals surface area contributed by atoms with Crippen LogP contribution in [-0.4, -0.2) is 77.7 Å². The van der Waals surface area contributed by atoms with Crippen molar-refractivity contribution in [3.63, 3.8) is 0 Å². The number of piperidine rings is 1. The number of ether oxygens (including phenoxy) is 1. The predicted molar refractivity (Wildman–Crippen MR) is 131 cm³/mol. The number of nitrogens with zero attached hydrogens (tertiary/aromatic N) is 4. The number of morpholine rings is 1. The molecule has 3 heterocycles. The van der Waals surface area contributed by atoms with E-state index in [2.05, 4.69) is 20.2 Å². The molecular weight excluding hydrogens is 461 g/mol. The first-order valence-corrected chi connectivity index (χ1v) is 12.4. The van der Waals surface area contributed by atoms with Gasteiger partial charge in [0.05, 0.1) is 23.3 Å². The molecule has 2 saturated heterocycles. The van der Waals surface area contributed by atoms with Crippen LogP contribution in [0.2, 0.25) is 10.0 Å². The lowest BCUT2D eigenvalue weighted by Crippen LogP contribution is -2.50. The van der Waals surface area contributed by atoms with Gasteiger partial charge in [-0.15, -0.1) is 0 Å². The molecule has 4 rings (SSSR count). The molecule has 2 aliphatic heterocycles. The summed E-state index contributed by atoms with van der Waals surface area (Å²) in [5.74, 6) is 0.723. The second-order valence-electron chi connectivity index (χ2n) is 8.50. The number of carbonyl (C=O) groups excluding carboxylic acids is 1. The summed E-state index contributed by atoms with van der Waals surface area (Å²) in [6.07, 6.45) is 4.91. The van der Waals surface area contributed by atoms with Crippen LogP contribution in [0.15, 0.2) is 24.5 Å². The van der Waals surface area contributed by atoms with Gasteiger partial charge in [-0.05, 0) is 43.4 Å². The van der Waals surface area contributed by atoms with Crippen LogP contribution in [0.3, 0.4) is 0 Å². The summed E-state index contributed by atoms with van der Waals surface area (Å²) >= 11 is 12.1. The second kappa shape index (κ2) is 11.5. The zero-order chi connectivity index (χ0) is 23.2. The molecule has 0 aliphatic carbocycles. The van der Waals surface area contributed by atoms with Gasteiger partial charge in [-0.1, -0.05) is 36.2 Å². The first kappa shape index (κ1) is 24.2. The van der Waals surface area contributed by atoms with E-state index >= 15 is 0 Å². The quantitative estimate of drug-likeness (QED) is 0.632. The summed E-state index contributed by atoms with van der Waals surface area (Å²) in [5, 5.41) is 4.48. The summed E-state index contributed by atoms with van der Waals surface area (Å²) in [4.78, 5) is 26.6. The van der Waals surface area contributed by atoms with E-state index in [1.165, 1.54) is 6.33 Å². The van der Waals surface area contributed by atoms with Gasteiger partial charge in [0.25, 0.3) is 5.91 Å². The minimum atomic E-state index is 0.00205. The highest BCUT2D eigenvalue weighted by atomic mass is 35.5. The van der Waals surface area contributed by atoms with Crippen molar-refractivity contribution in [1.82, 2.24) is 19.8 Å². The Morgan fingerprint density at radius 1 is 1.12 bits per heavy atom. The van der Waals surface area contributed by atoms with E-state index in [1.54, 1.807) is 6.07 Å². The van der Waals surface area contributed by atoms with E-state index in [4.69, 9.17) is 27.9 Å². The molecule has 1 aromatic heterocycles. The average Bonchev–Trinajstić information content (AvgIpc) is 2.86. The lowest BCUT2D eigenvalue weighted by atomic mass is 10.0. The summed E-state index contributed by atoms with van der Waals surface area (Å²) in [7, 11) is 0. The van der Waals surface area contributed by atoms with Crippen molar-refractivity contribution in [2.45, 2.75) is 38.6 Å². The van der Waals surface area contributed by atoms with Crippen molar-refractivity contribution < 1.29 is 9.53 Å². The monoisotopic (exact) mass is 491 g/mol. The molecule has 33 heavy (non-hydrogen) atoms. The fourth-order valence-corrected chi connectivity index (χ4v) is 4.95. The van der Waals surface area contributed by atoms with Crippen LogP contribution in [-0.2, 0) is 17.6 Å². The molecule has 2 aromatic rings. The minimum absolute atomic E-state index is 0.00205. The second-order valence-corrected chi connectivity index (χ2v) is 9.31. The van der Waals surface area contributed by atoms with E-state index in [1.807, 2.05) is 24.0 Å². The highest BCUT2D eigenvalue weighted by Crippen LogP contribution is 2.24. The number of hydrogen-bond donors (Lipinski definition) is 1. The van der Waals surface area contributed by atoms with Crippen molar-refractivity contribution in [2.24, 2.45) is 0 Å². The van der Waals surface area contributed by atoms with Crippen LogP contribution in [0.4, 0.5) is 5.82 Å². The van der Waals surface area contributed by atoms with E-state index in [0.717, 1.165) is 75.6 Å². The third kappa shape index (κ3) is 5.96. The van der Waals surface area contributed by atoms with Crippen molar-refractivity contribution in [2.75, 3.05) is 51.3 Å². The number of likely N-dealkylation sites (tertiary alicyclic amines) is 1. The molecule has 1 aromatic carbocycles.